The van der Waals surface area contributed by atoms with E-state index in [0.29, 0.717) is 12.4 Å². The molecule has 0 aromatic carbocycles. The van der Waals surface area contributed by atoms with Gasteiger partial charge in [0.05, 0.1) is 12.2 Å². The molecule has 0 saturated heterocycles. The Kier molecular flexibility index (Phi) is 4.34. The van der Waals surface area contributed by atoms with E-state index in [-0.39, 0.29) is 12.1 Å². The molecule has 0 aliphatic rings. The van der Waals surface area contributed by atoms with Crippen molar-refractivity contribution in [1.29, 1.82) is 0 Å². The van der Waals surface area contributed by atoms with E-state index in [1.807, 2.05) is 27.2 Å². The minimum absolute atomic E-state index is 0.194. The molecule has 2 aromatic heterocycles. The van der Waals surface area contributed by atoms with Crippen LogP contribution in [0.25, 0.3) is 0 Å². The summed E-state index contributed by atoms with van der Waals surface area (Å²) in [6.07, 6.45) is 6.08. The summed E-state index contributed by atoms with van der Waals surface area (Å²) in [5.41, 5.74) is 1.09. The van der Waals surface area contributed by atoms with Crippen molar-refractivity contribution in [3.8, 4) is 0 Å². The molecule has 2 aromatic rings. The Bertz CT molecular complexity index is 574. The second-order valence-corrected chi connectivity index (χ2v) is 4.69. The number of urea groups is 1. The van der Waals surface area contributed by atoms with Crippen LogP contribution < -0.4 is 10.6 Å². The van der Waals surface area contributed by atoms with Gasteiger partial charge in [0.2, 0.25) is 0 Å². The monoisotopic (exact) mass is 277 g/mol. The smallest absolute Gasteiger partial charge is 0.315 e. The number of hydrogen-bond acceptors (Lipinski definition) is 4. The maximum absolute atomic E-state index is 11.8. The fourth-order valence-electron chi connectivity index (χ4n) is 1.92. The Morgan fingerprint density at radius 1 is 1.45 bits per heavy atom. The number of nitrogens with one attached hydrogen (secondary N) is 2. The molecule has 1 atom stereocenters. The second kappa shape index (κ2) is 6.18. The molecule has 20 heavy (non-hydrogen) atoms. The normalized spacial score (nSPS) is 12.2. The highest BCUT2D eigenvalue weighted by molar-refractivity contribution is 5.74. The molecule has 2 heterocycles. The number of amides is 2. The Morgan fingerprint density at radius 2 is 2.25 bits per heavy atom. The van der Waals surface area contributed by atoms with E-state index in [2.05, 4.69) is 25.9 Å². The fraction of sp³-hybridized carbons (Fsp3) is 0.500. The van der Waals surface area contributed by atoms with Crippen LogP contribution in [0.4, 0.5) is 4.79 Å². The summed E-state index contributed by atoms with van der Waals surface area (Å²) in [6, 6.07) is -0.412. The Labute approximate surface area is 117 Å². The van der Waals surface area contributed by atoms with Crippen molar-refractivity contribution < 1.29 is 4.79 Å². The van der Waals surface area contributed by atoms with Crippen LogP contribution in [-0.2, 0) is 20.5 Å². The van der Waals surface area contributed by atoms with Gasteiger partial charge in [-0.2, -0.15) is 5.10 Å². The van der Waals surface area contributed by atoms with Gasteiger partial charge in [0.15, 0.2) is 5.82 Å². The van der Waals surface area contributed by atoms with Gasteiger partial charge < -0.3 is 15.2 Å². The van der Waals surface area contributed by atoms with E-state index in [0.717, 1.165) is 12.0 Å². The molecule has 0 spiro atoms. The van der Waals surface area contributed by atoms with E-state index >= 15 is 0 Å². The first-order valence-corrected chi connectivity index (χ1v) is 6.42. The molecule has 1 unspecified atom stereocenters. The van der Waals surface area contributed by atoms with Gasteiger partial charge in [-0.15, -0.1) is 10.2 Å². The molecule has 2 amide bonds. The van der Waals surface area contributed by atoms with E-state index < -0.39 is 0 Å². The zero-order valence-corrected chi connectivity index (χ0v) is 11.9. The summed E-state index contributed by atoms with van der Waals surface area (Å²) in [6.45, 7) is 2.42. The SMILES string of the molecule is CC(NC(=O)NCCc1cnn(C)c1)c1nncn1C. The zero-order chi connectivity index (χ0) is 14.5. The number of aryl methyl sites for hydroxylation is 2. The zero-order valence-electron chi connectivity index (χ0n) is 11.9. The Balaban J connectivity index is 1.74. The predicted molar refractivity (Wildman–Crippen MR) is 72.9 cm³/mol. The molecule has 0 fully saturated rings. The summed E-state index contributed by atoms with van der Waals surface area (Å²) in [7, 11) is 3.71. The van der Waals surface area contributed by atoms with E-state index in [4.69, 9.17) is 0 Å². The third kappa shape index (κ3) is 3.56. The first-order chi connectivity index (χ1) is 9.56. The molecule has 0 bridgehead atoms. The van der Waals surface area contributed by atoms with Crippen molar-refractivity contribution >= 4 is 6.03 Å². The standard InChI is InChI=1S/C12H19N7O/c1-9(11-17-14-8-18(11)2)16-12(20)13-5-4-10-6-15-19(3)7-10/h6-9H,4-5H2,1-3H3,(H2,13,16,20). The lowest BCUT2D eigenvalue weighted by molar-refractivity contribution is 0.237. The summed E-state index contributed by atoms with van der Waals surface area (Å²) >= 11 is 0. The largest absolute Gasteiger partial charge is 0.338 e. The summed E-state index contributed by atoms with van der Waals surface area (Å²) in [5.74, 6) is 0.715. The third-order valence-electron chi connectivity index (χ3n) is 2.94. The number of carbonyl (C=O) groups excluding carboxylic acids is 1. The van der Waals surface area contributed by atoms with Crippen molar-refractivity contribution in [2.75, 3.05) is 6.54 Å². The maximum atomic E-state index is 11.8. The van der Waals surface area contributed by atoms with Crippen molar-refractivity contribution in [3.05, 3.63) is 30.1 Å². The highest BCUT2D eigenvalue weighted by atomic mass is 16.2. The quantitative estimate of drug-likeness (QED) is 0.814. The molecule has 2 rings (SSSR count). The number of carbonyl (C=O) groups is 1. The van der Waals surface area contributed by atoms with E-state index in [1.165, 1.54) is 0 Å². The number of aromatic nitrogens is 5. The van der Waals surface area contributed by atoms with E-state index in [1.54, 1.807) is 21.8 Å². The minimum Gasteiger partial charge on any atom is -0.338 e. The average Bonchev–Trinajstić information content (AvgIpc) is 2.98. The number of nitrogens with zero attached hydrogens (tertiary/aromatic N) is 5. The second-order valence-electron chi connectivity index (χ2n) is 4.69. The summed E-state index contributed by atoms with van der Waals surface area (Å²) < 4.78 is 3.52. The van der Waals surface area contributed by atoms with Crippen molar-refractivity contribution in [2.24, 2.45) is 14.1 Å². The fourth-order valence-corrected chi connectivity index (χ4v) is 1.92. The lowest BCUT2D eigenvalue weighted by Gasteiger charge is -2.13. The Morgan fingerprint density at radius 3 is 2.85 bits per heavy atom. The average molecular weight is 277 g/mol. The van der Waals surface area contributed by atoms with Gasteiger partial charge in [0.1, 0.15) is 6.33 Å². The van der Waals surface area contributed by atoms with Gasteiger partial charge in [-0.3, -0.25) is 4.68 Å². The maximum Gasteiger partial charge on any atom is 0.315 e. The molecule has 0 aliphatic heterocycles. The third-order valence-corrected chi connectivity index (χ3v) is 2.94. The van der Waals surface area contributed by atoms with Crippen molar-refractivity contribution in [2.45, 2.75) is 19.4 Å². The van der Waals surface area contributed by atoms with Gasteiger partial charge in [-0.05, 0) is 18.9 Å². The van der Waals surface area contributed by atoms with Crippen LogP contribution in [0.5, 0.6) is 0 Å². The lowest BCUT2D eigenvalue weighted by Crippen LogP contribution is -2.38. The Hall–Kier alpha value is -2.38. The lowest BCUT2D eigenvalue weighted by atomic mass is 10.2. The van der Waals surface area contributed by atoms with Crippen LogP contribution in [0.2, 0.25) is 0 Å². The summed E-state index contributed by atoms with van der Waals surface area (Å²) in [5, 5.41) is 17.5. The van der Waals surface area contributed by atoms with Crippen LogP contribution in [0.1, 0.15) is 24.4 Å². The first-order valence-electron chi connectivity index (χ1n) is 6.42. The van der Waals surface area contributed by atoms with E-state index in [9.17, 15) is 4.79 Å². The van der Waals surface area contributed by atoms with Crippen LogP contribution in [-0.4, -0.2) is 37.1 Å². The van der Waals surface area contributed by atoms with Crippen LogP contribution in [0.15, 0.2) is 18.7 Å². The molecular formula is C12H19N7O. The number of hydrogen-bond donors (Lipinski definition) is 2. The molecule has 108 valence electrons. The molecule has 0 radical (unpaired) electrons. The number of rotatable bonds is 5. The highest BCUT2D eigenvalue weighted by Crippen LogP contribution is 2.06. The first kappa shape index (κ1) is 14.0. The van der Waals surface area contributed by atoms with Crippen molar-refractivity contribution in [3.63, 3.8) is 0 Å². The summed E-state index contributed by atoms with van der Waals surface area (Å²) in [4.78, 5) is 11.8. The van der Waals surface area contributed by atoms with Gasteiger partial charge in [0, 0.05) is 26.8 Å². The predicted octanol–water partition coefficient (Wildman–Crippen LogP) is 0.151. The molecule has 2 N–H and O–H groups in total. The molecule has 8 heteroatoms. The van der Waals surface area contributed by atoms with Gasteiger partial charge >= 0.3 is 6.03 Å². The molecular weight excluding hydrogens is 258 g/mol. The van der Waals surface area contributed by atoms with Gasteiger partial charge in [-0.1, -0.05) is 0 Å². The van der Waals surface area contributed by atoms with Gasteiger partial charge in [-0.25, -0.2) is 4.79 Å². The molecule has 0 aliphatic carbocycles. The van der Waals surface area contributed by atoms with Crippen molar-refractivity contribution in [1.82, 2.24) is 35.2 Å². The van der Waals surface area contributed by atoms with Crippen LogP contribution in [0, 0.1) is 0 Å². The highest BCUT2D eigenvalue weighted by Gasteiger charge is 2.13. The van der Waals surface area contributed by atoms with Crippen LogP contribution in [0.3, 0.4) is 0 Å². The molecule has 0 saturated carbocycles. The topological polar surface area (TPSA) is 89.7 Å². The molecule has 8 nitrogen and oxygen atoms in total. The van der Waals surface area contributed by atoms with Gasteiger partial charge in [0.25, 0.3) is 0 Å². The minimum atomic E-state index is -0.218. The van der Waals surface area contributed by atoms with Crippen LogP contribution >= 0.6 is 0 Å².